The van der Waals surface area contributed by atoms with Crippen molar-refractivity contribution < 1.29 is 28.2 Å². The number of ether oxygens (including phenoxy) is 1. The normalized spacial score (nSPS) is 11.9. The number of amides is 1. The highest BCUT2D eigenvalue weighted by molar-refractivity contribution is 5.80. The molecule has 1 rings (SSSR count). The van der Waals surface area contributed by atoms with Crippen LogP contribution in [0.1, 0.15) is 5.56 Å². The number of carboxylic acid groups (broad SMARTS) is 1. The molecule has 1 unspecified atom stereocenters. The molecule has 1 aromatic rings. The molecule has 0 bridgehead atoms. The van der Waals surface area contributed by atoms with Gasteiger partial charge in [0.2, 0.25) is 5.91 Å². The van der Waals surface area contributed by atoms with E-state index in [2.05, 4.69) is 10.1 Å². The number of rotatable bonds is 6. The van der Waals surface area contributed by atoms with Crippen molar-refractivity contribution in [3.63, 3.8) is 0 Å². The van der Waals surface area contributed by atoms with Crippen LogP contribution in [0.25, 0.3) is 0 Å². The minimum atomic E-state index is -1.20. The van der Waals surface area contributed by atoms with Gasteiger partial charge in [0.1, 0.15) is 0 Å². The lowest BCUT2D eigenvalue weighted by Crippen LogP contribution is -2.38. The molecule has 0 fully saturated rings. The number of nitrogens with one attached hydrogen (secondary N) is 1. The Balaban J connectivity index is 2.51. The molecule has 1 amide bonds. The van der Waals surface area contributed by atoms with Gasteiger partial charge in [0.05, 0.1) is 13.0 Å². The van der Waals surface area contributed by atoms with Crippen LogP contribution in [0, 0.1) is 11.6 Å². The van der Waals surface area contributed by atoms with E-state index >= 15 is 0 Å². The number of hydrogen-bond donors (Lipinski definition) is 2. The van der Waals surface area contributed by atoms with Crippen LogP contribution in [0.4, 0.5) is 8.78 Å². The van der Waals surface area contributed by atoms with E-state index in [9.17, 15) is 18.4 Å². The van der Waals surface area contributed by atoms with Crippen molar-refractivity contribution >= 4 is 11.9 Å². The fraction of sp³-hybridized carbons (Fsp3) is 0.333. The molecule has 0 saturated carbocycles. The SMILES string of the molecule is COC(CNC(=O)Cc1ccc(F)c(F)c1)C(=O)O. The van der Waals surface area contributed by atoms with Gasteiger partial charge in [-0.3, -0.25) is 4.79 Å². The van der Waals surface area contributed by atoms with Crippen molar-refractivity contribution in [1.82, 2.24) is 5.32 Å². The van der Waals surface area contributed by atoms with E-state index in [-0.39, 0.29) is 13.0 Å². The van der Waals surface area contributed by atoms with Crippen molar-refractivity contribution in [2.75, 3.05) is 13.7 Å². The van der Waals surface area contributed by atoms with Crippen LogP contribution >= 0.6 is 0 Å². The summed E-state index contributed by atoms with van der Waals surface area (Å²) in [7, 11) is 1.21. The second kappa shape index (κ2) is 6.79. The molecule has 0 saturated heterocycles. The number of halogens is 2. The molecule has 0 aromatic heterocycles. The molecular formula is C12H13F2NO4. The van der Waals surface area contributed by atoms with Gasteiger partial charge in [0.15, 0.2) is 17.7 Å². The number of aliphatic carboxylic acids is 1. The molecule has 1 aromatic carbocycles. The van der Waals surface area contributed by atoms with Gasteiger partial charge in [-0.2, -0.15) is 0 Å². The summed E-state index contributed by atoms with van der Waals surface area (Å²) in [4.78, 5) is 22.1. The van der Waals surface area contributed by atoms with Crippen LogP contribution in [0.15, 0.2) is 18.2 Å². The highest BCUT2D eigenvalue weighted by atomic mass is 19.2. The number of carboxylic acids is 1. The quantitative estimate of drug-likeness (QED) is 0.801. The molecule has 0 radical (unpaired) electrons. The Hall–Kier alpha value is -2.02. The minimum absolute atomic E-state index is 0.173. The summed E-state index contributed by atoms with van der Waals surface area (Å²) in [6.07, 6.45) is -1.32. The van der Waals surface area contributed by atoms with Crippen LogP contribution in [0.5, 0.6) is 0 Å². The van der Waals surface area contributed by atoms with Crippen LogP contribution in [-0.2, 0) is 20.7 Å². The maximum absolute atomic E-state index is 12.9. The fourth-order valence-corrected chi connectivity index (χ4v) is 1.38. The monoisotopic (exact) mass is 273 g/mol. The summed E-state index contributed by atoms with van der Waals surface area (Å²) in [5.74, 6) is -3.73. The molecular weight excluding hydrogens is 260 g/mol. The Morgan fingerprint density at radius 2 is 2.05 bits per heavy atom. The van der Waals surface area contributed by atoms with E-state index in [1.807, 2.05) is 0 Å². The first-order valence-electron chi connectivity index (χ1n) is 5.40. The first-order chi connectivity index (χ1) is 8.93. The number of methoxy groups -OCH3 is 1. The summed E-state index contributed by atoms with van der Waals surface area (Å²) in [5, 5.41) is 11.0. The third-order valence-corrected chi connectivity index (χ3v) is 2.39. The van der Waals surface area contributed by atoms with Gasteiger partial charge in [-0.1, -0.05) is 6.07 Å². The molecule has 0 spiro atoms. The zero-order chi connectivity index (χ0) is 14.4. The van der Waals surface area contributed by atoms with Crippen LogP contribution in [0.3, 0.4) is 0 Å². The second-order valence-corrected chi connectivity index (χ2v) is 3.79. The Bertz CT molecular complexity index is 479. The first-order valence-corrected chi connectivity index (χ1v) is 5.40. The van der Waals surface area contributed by atoms with Gasteiger partial charge in [-0.25, -0.2) is 13.6 Å². The summed E-state index contributed by atoms with van der Waals surface area (Å²) in [5.41, 5.74) is 0.292. The van der Waals surface area contributed by atoms with E-state index in [4.69, 9.17) is 5.11 Å². The van der Waals surface area contributed by atoms with Gasteiger partial charge in [-0.05, 0) is 17.7 Å². The summed E-state index contributed by atoms with van der Waals surface area (Å²) in [6, 6.07) is 3.12. The van der Waals surface area contributed by atoms with E-state index in [0.717, 1.165) is 12.1 Å². The smallest absolute Gasteiger partial charge is 0.334 e. The van der Waals surface area contributed by atoms with Crippen LogP contribution in [0.2, 0.25) is 0 Å². The third-order valence-electron chi connectivity index (χ3n) is 2.39. The van der Waals surface area contributed by atoms with Crippen LogP contribution < -0.4 is 5.32 Å². The van der Waals surface area contributed by atoms with E-state index in [0.29, 0.717) is 5.56 Å². The summed E-state index contributed by atoms with van der Waals surface area (Å²) >= 11 is 0. The molecule has 0 aliphatic heterocycles. The van der Waals surface area contributed by atoms with Gasteiger partial charge in [-0.15, -0.1) is 0 Å². The van der Waals surface area contributed by atoms with Gasteiger partial charge < -0.3 is 15.2 Å². The Labute approximate surface area is 108 Å². The molecule has 2 N–H and O–H groups in total. The first kappa shape index (κ1) is 15.0. The average Bonchev–Trinajstić information content (AvgIpc) is 2.34. The van der Waals surface area contributed by atoms with E-state index in [1.54, 1.807) is 0 Å². The largest absolute Gasteiger partial charge is 0.479 e. The van der Waals surface area contributed by atoms with Crippen molar-refractivity contribution in [1.29, 1.82) is 0 Å². The highest BCUT2D eigenvalue weighted by Crippen LogP contribution is 2.09. The molecule has 0 aliphatic rings. The fourth-order valence-electron chi connectivity index (χ4n) is 1.38. The maximum Gasteiger partial charge on any atom is 0.334 e. The number of hydrogen-bond acceptors (Lipinski definition) is 3. The topological polar surface area (TPSA) is 75.6 Å². The van der Waals surface area contributed by atoms with Gasteiger partial charge >= 0.3 is 5.97 Å². The predicted molar refractivity (Wildman–Crippen MR) is 61.5 cm³/mol. The van der Waals surface area contributed by atoms with Crippen molar-refractivity contribution in [3.05, 3.63) is 35.4 Å². The van der Waals surface area contributed by atoms with E-state index in [1.165, 1.54) is 13.2 Å². The average molecular weight is 273 g/mol. The minimum Gasteiger partial charge on any atom is -0.479 e. The third kappa shape index (κ3) is 4.63. The predicted octanol–water partition coefficient (Wildman–Crippen LogP) is 0.723. The highest BCUT2D eigenvalue weighted by Gasteiger charge is 2.17. The molecule has 1 atom stereocenters. The maximum atomic E-state index is 12.9. The lowest BCUT2D eigenvalue weighted by Gasteiger charge is -2.11. The zero-order valence-electron chi connectivity index (χ0n) is 10.2. The molecule has 0 heterocycles. The zero-order valence-corrected chi connectivity index (χ0v) is 10.2. The summed E-state index contributed by atoms with van der Waals surface area (Å²) < 4.78 is 30.2. The number of carbonyl (C=O) groups is 2. The Morgan fingerprint density at radius 3 is 2.58 bits per heavy atom. The molecule has 0 aliphatic carbocycles. The molecule has 5 nitrogen and oxygen atoms in total. The van der Waals surface area contributed by atoms with Gasteiger partial charge in [0.25, 0.3) is 0 Å². The summed E-state index contributed by atoms with van der Waals surface area (Å²) in [6.45, 7) is -0.200. The second-order valence-electron chi connectivity index (χ2n) is 3.79. The Kier molecular flexibility index (Phi) is 5.37. The van der Waals surface area contributed by atoms with Crippen LogP contribution in [-0.4, -0.2) is 36.7 Å². The molecule has 104 valence electrons. The van der Waals surface area contributed by atoms with E-state index < -0.39 is 29.6 Å². The lowest BCUT2D eigenvalue weighted by atomic mass is 10.1. The lowest BCUT2D eigenvalue weighted by molar-refractivity contribution is -0.148. The number of carbonyl (C=O) groups excluding carboxylic acids is 1. The van der Waals surface area contributed by atoms with Gasteiger partial charge in [0, 0.05) is 7.11 Å². The van der Waals surface area contributed by atoms with Crippen molar-refractivity contribution in [3.8, 4) is 0 Å². The Morgan fingerprint density at radius 1 is 1.37 bits per heavy atom. The molecule has 7 heteroatoms. The standard InChI is InChI=1S/C12H13F2NO4/c1-19-10(12(17)18)6-15-11(16)5-7-2-3-8(13)9(14)4-7/h2-4,10H,5-6H2,1H3,(H,15,16)(H,17,18). The van der Waals surface area contributed by atoms with Crippen molar-refractivity contribution in [2.24, 2.45) is 0 Å². The van der Waals surface area contributed by atoms with Crippen molar-refractivity contribution in [2.45, 2.75) is 12.5 Å². The molecule has 19 heavy (non-hydrogen) atoms. The number of benzene rings is 1.